The maximum absolute atomic E-state index is 13.5. The van der Waals surface area contributed by atoms with Gasteiger partial charge < -0.3 is 23.8 Å². The van der Waals surface area contributed by atoms with E-state index in [0.29, 0.717) is 61.1 Å². The Bertz CT molecular complexity index is 1470. The number of hydrogen-bond donors (Lipinski definition) is 1. The number of aromatic amines is 1. The summed E-state index contributed by atoms with van der Waals surface area (Å²) in [5.74, 6) is 1.43. The van der Waals surface area contributed by atoms with Crippen molar-refractivity contribution < 1.29 is 18.7 Å². The van der Waals surface area contributed by atoms with E-state index in [1.54, 1.807) is 28.8 Å². The van der Waals surface area contributed by atoms with Gasteiger partial charge in [0.05, 0.1) is 26.0 Å². The topological polar surface area (TPSA) is 132 Å². The number of nitrogens with one attached hydrogen (secondary N) is 1. The predicted molar refractivity (Wildman–Crippen MR) is 136 cm³/mol. The third-order valence-corrected chi connectivity index (χ3v) is 7.28. The molecule has 0 radical (unpaired) electrons. The van der Waals surface area contributed by atoms with Gasteiger partial charge in [-0.25, -0.2) is 4.68 Å². The van der Waals surface area contributed by atoms with Crippen LogP contribution in [-0.2, 0) is 11.3 Å². The van der Waals surface area contributed by atoms with Crippen LogP contribution in [-0.4, -0.2) is 86.9 Å². The molecule has 0 spiro atoms. The minimum Gasteiger partial charge on any atom is -0.497 e. The van der Waals surface area contributed by atoms with Crippen molar-refractivity contribution in [2.45, 2.75) is 31.5 Å². The second-order valence-electron chi connectivity index (χ2n) is 9.57. The molecule has 1 amide bonds. The van der Waals surface area contributed by atoms with Crippen LogP contribution in [0.4, 0.5) is 0 Å². The zero-order chi connectivity index (χ0) is 26.1. The lowest BCUT2D eigenvalue weighted by atomic mass is 10.0. The highest BCUT2D eigenvalue weighted by Crippen LogP contribution is 2.29. The van der Waals surface area contributed by atoms with Crippen LogP contribution in [0, 0.1) is 0 Å². The predicted octanol–water partition coefficient (Wildman–Crippen LogP) is 1.84. The number of carbonyl (C=O) groups is 1. The lowest BCUT2D eigenvalue weighted by Crippen LogP contribution is -2.50. The maximum Gasteiger partial charge on any atom is 0.289 e. The molecule has 0 unspecified atom stereocenters. The summed E-state index contributed by atoms with van der Waals surface area (Å²) < 4.78 is 18.3. The highest BCUT2D eigenvalue weighted by atomic mass is 16.5. The summed E-state index contributed by atoms with van der Waals surface area (Å²) in [4.78, 5) is 33.2. The number of furan rings is 1. The number of tetrazole rings is 1. The van der Waals surface area contributed by atoms with Crippen LogP contribution < -0.4 is 10.3 Å². The second kappa shape index (κ2) is 10.4. The first-order valence-electron chi connectivity index (χ1n) is 12.8. The van der Waals surface area contributed by atoms with Gasteiger partial charge in [0.25, 0.3) is 11.5 Å². The molecule has 0 saturated carbocycles. The van der Waals surface area contributed by atoms with Gasteiger partial charge in [0, 0.05) is 49.3 Å². The number of hydrogen-bond acceptors (Lipinski definition) is 9. The van der Waals surface area contributed by atoms with Gasteiger partial charge in [-0.15, -0.1) is 5.10 Å². The summed E-state index contributed by atoms with van der Waals surface area (Å²) in [6, 6.07) is 10.3. The van der Waals surface area contributed by atoms with Crippen LogP contribution in [0.25, 0.3) is 10.9 Å². The van der Waals surface area contributed by atoms with Gasteiger partial charge in [-0.3, -0.25) is 14.5 Å². The van der Waals surface area contributed by atoms with Gasteiger partial charge in [-0.2, -0.15) is 0 Å². The molecule has 1 N–H and O–H groups in total. The van der Waals surface area contributed by atoms with Gasteiger partial charge >= 0.3 is 0 Å². The number of piperazine rings is 1. The number of amides is 1. The molecule has 2 aliphatic rings. The van der Waals surface area contributed by atoms with E-state index in [1.165, 1.54) is 6.26 Å². The Labute approximate surface area is 218 Å². The first-order chi connectivity index (χ1) is 18.6. The summed E-state index contributed by atoms with van der Waals surface area (Å²) in [5, 5.41) is 13.5. The number of benzene rings is 1. The summed E-state index contributed by atoms with van der Waals surface area (Å²) in [6.45, 7) is 3.24. The molecular formula is C26H29N7O5. The third kappa shape index (κ3) is 4.68. The molecule has 0 bridgehead atoms. The SMILES string of the molecule is COc1ccc2[nH]c(=O)c([C@@H](c3nnnn3C[C@@H]3CCCO3)N3CCN(C(=O)c4ccco4)CC3)cc2c1. The highest BCUT2D eigenvalue weighted by molar-refractivity contribution is 5.91. The van der Waals surface area contributed by atoms with Crippen molar-refractivity contribution in [3.63, 3.8) is 0 Å². The highest BCUT2D eigenvalue weighted by Gasteiger charge is 2.34. The zero-order valence-corrected chi connectivity index (χ0v) is 21.1. The Morgan fingerprint density at radius 1 is 1.21 bits per heavy atom. The summed E-state index contributed by atoms with van der Waals surface area (Å²) in [7, 11) is 1.61. The number of carbonyl (C=O) groups excluding carboxylic acids is 1. The van der Waals surface area contributed by atoms with Crippen LogP contribution in [0.5, 0.6) is 5.75 Å². The number of ether oxygens (including phenoxy) is 2. The van der Waals surface area contributed by atoms with Crippen LogP contribution in [0.15, 0.2) is 51.9 Å². The van der Waals surface area contributed by atoms with Crippen LogP contribution in [0.1, 0.15) is 40.8 Å². The van der Waals surface area contributed by atoms with Crippen molar-refractivity contribution >= 4 is 16.8 Å². The Morgan fingerprint density at radius 3 is 2.82 bits per heavy atom. The molecule has 12 heteroatoms. The normalized spacial score (nSPS) is 19.2. The van der Waals surface area contributed by atoms with Crippen molar-refractivity contribution in [3.05, 3.63) is 70.2 Å². The average Bonchev–Trinajstić information content (AvgIpc) is 3.74. The fraction of sp³-hybridized carbons (Fsp3) is 0.423. The van der Waals surface area contributed by atoms with Gasteiger partial charge in [-0.1, -0.05) is 0 Å². The maximum atomic E-state index is 13.5. The number of nitrogens with zero attached hydrogens (tertiary/aromatic N) is 6. The number of aromatic nitrogens is 5. The van der Waals surface area contributed by atoms with Crippen LogP contribution in [0.3, 0.4) is 0 Å². The Hall–Kier alpha value is -4.03. The summed E-state index contributed by atoms with van der Waals surface area (Å²) >= 11 is 0. The minimum atomic E-state index is -0.522. The van der Waals surface area contributed by atoms with E-state index in [2.05, 4.69) is 25.4 Å². The smallest absolute Gasteiger partial charge is 0.289 e. The number of H-pyrrole nitrogens is 1. The van der Waals surface area contributed by atoms with Crippen molar-refractivity contribution in [1.82, 2.24) is 35.0 Å². The molecule has 5 heterocycles. The van der Waals surface area contributed by atoms with E-state index in [9.17, 15) is 9.59 Å². The molecule has 4 aromatic rings. The van der Waals surface area contributed by atoms with Crippen molar-refractivity contribution in [1.29, 1.82) is 0 Å². The molecule has 2 aliphatic heterocycles. The Morgan fingerprint density at radius 2 is 2.08 bits per heavy atom. The standard InChI is InChI=1S/C26H29N7O5/c1-36-18-6-7-21-17(14-18)15-20(25(34)27-21)23(24-28-29-30-33(24)16-19-4-2-12-37-19)31-8-10-32(11-9-31)26(35)22-5-3-13-38-22/h3,5-7,13-15,19,23H,2,4,8-12,16H2,1H3,(H,27,34)/t19-,23-/m0/s1. The third-order valence-electron chi connectivity index (χ3n) is 7.28. The van der Waals surface area contributed by atoms with E-state index in [0.717, 1.165) is 24.8 Å². The number of fused-ring (bicyclic) bond motifs is 1. The van der Waals surface area contributed by atoms with E-state index >= 15 is 0 Å². The summed E-state index contributed by atoms with van der Waals surface area (Å²) in [5.41, 5.74) is 1.03. The lowest BCUT2D eigenvalue weighted by Gasteiger charge is -2.38. The Kier molecular flexibility index (Phi) is 6.64. The monoisotopic (exact) mass is 519 g/mol. The molecule has 2 fully saturated rings. The van der Waals surface area contributed by atoms with E-state index < -0.39 is 6.04 Å². The molecule has 6 rings (SSSR count). The second-order valence-corrected chi connectivity index (χ2v) is 9.57. The number of pyridine rings is 1. The number of rotatable bonds is 7. The molecule has 0 aliphatic carbocycles. The van der Waals surface area contributed by atoms with E-state index in [1.807, 2.05) is 24.3 Å². The van der Waals surface area contributed by atoms with Crippen molar-refractivity contribution in [2.75, 3.05) is 39.9 Å². The lowest BCUT2D eigenvalue weighted by molar-refractivity contribution is 0.0550. The molecule has 1 aromatic carbocycles. The number of methoxy groups -OCH3 is 1. The van der Waals surface area contributed by atoms with Gasteiger partial charge in [0.1, 0.15) is 11.8 Å². The molecule has 2 saturated heterocycles. The quantitative estimate of drug-likeness (QED) is 0.388. The molecule has 38 heavy (non-hydrogen) atoms. The minimum absolute atomic E-state index is 0.0276. The first kappa shape index (κ1) is 24.3. The van der Waals surface area contributed by atoms with E-state index in [4.69, 9.17) is 13.9 Å². The van der Waals surface area contributed by atoms with Gasteiger partial charge in [-0.05, 0) is 59.7 Å². The molecule has 3 aromatic heterocycles. The average molecular weight is 520 g/mol. The zero-order valence-electron chi connectivity index (χ0n) is 21.1. The van der Waals surface area contributed by atoms with Crippen molar-refractivity contribution in [3.8, 4) is 5.75 Å². The molecule has 198 valence electrons. The molecule has 2 atom stereocenters. The Balaban J connectivity index is 1.36. The largest absolute Gasteiger partial charge is 0.497 e. The van der Waals surface area contributed by atoms with Crippen LogP contribution >= 0.6 is 0 Å². The van der Waals surface area contributed by atoms with Gasteiger partial charge in [0.15, 0.2) is 11.6 Å². The van der Waals surface area contributed by atoms with E-state index in [-0.39, 0.29) is 17.6 Å². The summed E-state index contributed by atoms with van der Waals surface area (Å²) in [6.07, 6.45) is 3.46. The fourth-order valence-corrected chi connectivity index (χ4v) is 5.29. The van der Waals surface area contributed by atoms with Crippen molar-refractivity contribution in [2.24, 2.45) is 0 Å². The molecular weight excluding hydrogens is 490 g/mol. The van der Waals surface area contributed by atoms with Crippen LogP contribution in [0.2, 0.25) is 0 Å². The van der Waals surface area contributed by atoms with Gasteiger partial charge in [0.2, 0.25) is 0 Å². The molecule has 12 nitrogen and oxygen atoms in total. The fourth-order valence-electron chi connectivity index (χ4n) is 5.29. The first-order valence-corrected chi connectivity index (χ1v) is 12.8.